The summed E-state index contributed by atoms with van der Waals surface area (Å²) in [6.45, 7) is 5.50. The van der Waals surface area contributed by atoms with Crippen LogP contribution in [0.15, 0.2) is 18.2 Å². The molecule has 0 aliphatic carbocycles. The van der Waals surface area contributed by atoms with Crippen molar-refractivity contribution < 1.29 is 13.9 Å². The van der Waals surface area contributed by atoms with Crippen molar-refractivity contribution >= 4 is 17.5 Å². The monoisotopic (exact) mass is 342 g/mol. The van der Waals surface area contributed by atoms with Crippen molar-refractivity contribution in [3.8, 4) is 0 Å². The molecule has 0 radical (unpaired) electrons. The van der Waals surface area contributed by atoms with Crippen molar-refractivity contribution in [1.29, 1.82) is 0 Å². The van der Waals surface area contributed by atoms with Gasteiger partial charge in [0.1, 0.15) is 5.82 Å². The maximum atomic E-state index is 14.1. The van der Waals surface area contributed by atoms with Gasteiger partial charge in [0.05, 0.1) is 6.54 Å². The molecule has 0 aromatic heterocycles. The van der Waals surface area contributed by atoms with Gasteiger partial charge in [-0.1, -0.05) is 31.5 Å². The molecule has 1 aliphatic heterocycles. The molecule has 6 heteroatoms. The fraction of sp³-hybridized carbons (Fsp3) is 0.588. The summed E-state index contributed by atoms with van der Waals surface area (Å²) in [6, 6.07) is 4.57. The van der Waals surface area contributed by atoms with Crippen LogP contribution < -0.4 is 10.6 Å². The van der Waals surface area contributed by atoms with Gasteiger partial charge < -0.3 is 15.4 Å². The van der Waals surface area contributed by atoms with Crippen LogP contribution in [0, 0.1) is 11.7 Å². The van der Waals surface area contributed by atoms with Crippen molar-refractivity contribution in [2.24, 2.45) is 5.92 Å². The van der Waals surface area contributed by atoms with E-state index >= 15 is 0 Å². The number of rotatable bonds is 6. The highest BCUT2D eigenvalue weighted by atomic mass is 35.5. The number of carbonyl (C=O) groups excluding carboxylic acids is 1. The summed E-state index contributed by atoms with van der Waals surface area (Å²) in [5.41, 5.74) is 0.531. The average molecular weight is 343 g/mol. The number of hydrogen-bond donors (Lipinski definition) is 2. The summed E-state index contributed by atoms with van der Waals surface area (Å²) in [6.07, 6.45) is 1.68. The van der Waals surface area contributed by atoms with Crippen LogP contribution in [-0.4, -0.2) is 31.7 Å². The summed E-state index contributed by atoms with van der Waals surface area (Å²) in [7, 11) is 0. The molecule has 0 bridgehead atoms. The van der Waals surface area contributed by atoms with Gasteiger partial charge in [-0.25, -0.2) is 4.39 Å². The van der Waals surface area contributed by atoms with Crippen LogP contribution in [0.2, 0.25) is 5.02 Å². The van der Waals surface area contributed by atoms with Crippen molar-refractivity contribution in [1.82, 2.24) is 10.6 Å². The van der Waals surface area contributed by atoms with E-state index in [1.807, 2.05) is 13.8 Å². The minimum atomic E-state index is -0.353. The molecule has 0 spiro atoms. The van der Waals surface area contributed by atoms with E-state index in [2.05, 4.69) is 10.6 Å². The first-order valence-electron chi connectivity index (χ1n) is 8.03. The standard InChI is InChI=1S/C17H24ClFN2O2/c1-11(2)17(14-4-3-12(18)9-15(14)19)20-10-16(22)21-13-5-7-23-8-6-13/h3-4,9,11,13,17,20H,5-8,10H2,1-2H3,(H,21,22)/t17-/m0/s1. The Labute approximate surface area is 141 Å². The van der Waals surface area contributed by atoms with Gasteiger partial charge >= 0.3 is 0 Å². The molecule has 23 heavy (non-hydrogen) atoms. The van der Waals surface area contributed by atoms with Crippen LogP contribution in [0.25, 0.3) is 0 Å². The van der Waals surface area contributed by atoms with Gasteiger partial charge in [0.15, 0.2) is 0 Å². The number of amides is 1. The van der Waals surface area contributed by atoms with Crippen molar-refractivity contribution in [3.63, 3.8) is 0 Å². The summed E-state index contributed by atoms with van der Waals surface area (Å²) in [5.74, 6) is -0.285. The lowest BCUT2D eigenvalue weighted by Gasteiger charge is -2.26. The lowest BCUT2D eigenvalue weighted by Crippen LogP contribution is -2.44. The summed E-state index contributed by atoms with van der Waals surface area (Å²) in [5, 5.41) is 6.52. The highest BCUT2D eigenvalue weighted by Gasteiger charge is 2.21. The van der Waals surface area contributed by atoms with E-state index in [0.717, 1.165) is 12.8 Å². The average Bonchev–Trinajstić information content (AvgIpc) is 2.50. The number of benzene rings is 1. The Hall–Kier alpha value is -1.17. The van der Waals surface area contributed by atoms with Gasteiger partial charge in [-0.3, -0.25) is 4.79 Å². The molecule has 1 amide bonds. The van der Waals surface area contributed by atoms with Crippen LogP contribution in [0.1, 0.15) is 38.3 Å². The first-order chi connectivity index (χ1) is 11.0. The number of nitrogens with one attached hydrogen (secondary N) is 2. The van der Waals surface area contributed by atoms with E-state index in [4.69, 9.17) is 16.3 Å². The number of hydrogen-bond acceptors (Lipinski definition) is 3. The van der Waals surface area contributed by atoms with E-state index in [1.54, 1.807) is 12.1 Å². The van der Waals surface area contributed by atoms with Gasteiger partial charge in [0.2, 0.25) is 5.91 Å². The third kappa shape index (κ3) is 5.44. The van der Waals surface area contributed by atoms with Crippen LogP contribution in [0.4, 0.5) is 4.39 Å². The quantitative estimate of drug-likeness (QED) is 0.835. The second-order valence-electron chi connectivity index (χ2n) is 6.22. The van der Waals surface area contributed by atoms with E-state index in [1.165, 1.54) is 6.07 Å². The molecule has 0 unspecified atom stereocenters. The zero-order valence-corrected chi connectivity index (χ0v) is 14.3. The zero-order chi connectivity index (χ0) is 16.8. The van der Waals surface area contributed by atoms with Crippen molar-refractivity contribution in [2.45, 2.75) is 38.8 Å². The molecular weight excluding hydrogens is 319 g/mol. The molecule has 1 heterocycles. The first kappa shape index (κ1) is 18.2. The number of halogens is 2. The predicted octanol–water partition coefficient (Wildman–Crippen LogP) is 3.06. The van der Waals surface area contributed by atoms with Crippen molar-refractivity contribution in [3.05, 3.63) is 34.6 Å². The summed E-state index contributed by atoms with van der Waals surface area (Å²) in [4.78, 5) is 12.1. The smallest absolute Gasteiger partial charge is 0.234 e. The van der Waals surface area contributed by atoms with Crippen LogP contribution >= 0.6 is 11.6 Å². The SMILES string of the molecule is CC(C)[C@H](NCC(=O)NC1CCOCC1)c1ccc(Cl)cc1F. The molecule has 2 rings (SSSR count). The first-order valence-corrected chi connectivity index (χ1v) is 8.40. The Morgan fingerprint density at radius 3 is 2.70 bits per heavy atom. The predicted molar refractivity (Wildman–Crippen MR) is 89.0 cm³/mol. The Morgan fingerprint density at radius 2 is 2.09 bits per heavy atom. The minimum absolute atomic E-state index is 0.0723. The Morgan fingerprint density at radius 1 is 1.39 bits per heavy atom. The highest BCUT2D eigenvalue weighted by Crippen LogP contribution is 2.26. The molecule has 1 aromatic rings. The molecular formula is C17H24ClFN2O2. The molecule has 0 saturated carbocycles. The molecule has 1 aliphatic rings. The van der Waals surface area contributed by atoms with Crippen molar-refractivity contribution in [2.75, 3.05) is 19.8 Å². The van der Waals surface area contributed by atoms with E-state index < -0.39 is 0 Å². The largest absolute Gasteiger partial charge is 0.381 e. The minimum Gasteiger partial charge on any atom is -0.381 e. The zero-order valence-electron chi connectivity index (χ0n) is 13.6. The van der Waals surface area contributed by atoms with Gasteiger partial charge in [-0.2, -0.15) is 0 Å². The maximum Gasteiger partial charge on any atom is 0.234 e. The molecule has 2 N–H and O–H groups in total. The Balaban J connectivity index is 1.92. The molecule has 1 fully saturated rings. The number of ether oxygens (including phenoxy) is 1. The van der Waals surface area contributed by atoms with E-state index in [-0.39, 0.29) is 36.3 Å². The van der Waals surface area contributed by atoms with Gasteiger partial charge in [0, 0.05) is 35.9 Å². The van der Waals surface area contributed by atoms with Crippen LogP contribution in [0.3, 0.4) is 0 Å². The fourth-order valence-electron chi connectivity index (χ4n) is 2.78. The van der Waals surface area contributed by atoms with Crippen LogP contribution in [0.5, 0.6) is 0 Å². The maximum absolute atomic E-state index is 14.1. The normalized spacial score (nSPS) is 17.3. The topological polar surface area (TPSA) is 50.4 Å². The summed E-state index contributed by atoms with van der Waals surface area (Å²) >= 11 is 5.80. The third-order valence-corrected chi connectivity index (χ3v) is 4.27. The highest BCUT2D eigenvalue weighted by molar-refractivity contribution is 6.30. The number of carbonyl (C=O) groups is 1. The van der Waals surface area contributed by atoms with Crippen LogP contribution in [-0.2, 0) is 9.53 Å². The second-order valence-corrected chi connectivity index (χ2v) is 6.66. The lowest BCUT2D eigenvalue weighted by molar-refractivity contribution is -0.121. The van der Waals surface area contributed by atoms with Gasteiger partial charge in [0.25, 0.3) is 0 Å². The Bertz CT molecular complexity index is 533. The third-order valence-electron chi connectivity index (χ3n) is 4.03. The van der Waals surface area contributed by atoms with Gasteiger partial charge in [-0.15, -0.1) is 0 Å². The van der Waals surface area contributed by atoms with E-state index in [0.29, 0.717) is 23.8 Å². The second kappa shape index (κ2) is 8.62. The lowest BCUT2D eigenvalue weighted by atomic mass is 9.95. The fourth-order valence-corrected chi connectivity index (χ4v) is 2.94. The molecule has 4 nitrogen and oxygen atoms in total. The molecule has 1 aromatic carbocycles. The molecule has 1 atom stereocenters. The van der Waals surface area contributed by atoms with Gasteiger partial charge in [-0.05, 0) is 30.9 Å². The van der Waals surface area contributed by atoms with E-state index in [9.17, 15) is 9.18 Å². The Kier molecular flexibility index (Phi) is 6.81. The summed E-state index contributed by atoms with van der Waals surface area (Å²) < 4.78 is 19.4. The molecule has 128 valence electrons. The molecule has 1 saturated heterocycles.